The van der Waals surface area contributed by atoms with Crippen LogP contribution in [0.5, 0.6) is 0 Å². The van der Waals surface area contributed by atoms with Gasteiger partial charge in [-0.15, -0.1) is 0 Å². The van der Waals surface area contributed by atoms with Crippen LogP contribution in [0.4, 0.5) is 0 Å². The summed E-state index contributed by atoms with van der Waals surface area (Å²) in [7, 11) is 0. The fraction of sp³-hybridized carbons (Fsp3) is 0.500. The molecule has 3 atom stereocenters. The molecule has 0 unspecified atom stereocenters. The Labute approximate surface area is 171 Å². The molecule has 4 rings (SSSR count). The van der Waals surface area contributed by atoms with E-state index in [0.717, 1.165) is 30.8 Å². The van der Waals surface area contributed by atoms with Crippen LogP contribution in [0.15, 0.2) is 42.9 Å². The number of amides is 2. The SMILES string of the molecule is CCCN1CC(=O)N2[C@@H](C[C@H](C(=O)NCCc3cnc[nH]3)[C@@H]2c2ccccc2)C1. The summed E-state index contributed by atoms with van der Waals surface area (Å²) < 4.78 is 0. The number of hydrogen-bond acceptors (Lipinski definition) is 4. The maximum absolute atomic E-state index is 13.1. The van der Waals surface area contributed by atoms with Crippen LogP contribution in [-0.4, -0.2) is 63.8 Å². The lowest BCUT2D eigenvalue weighted by molar-refractivity contribution is -0.140. The molecular formula is C22H29N5O2. The molecule has 0 bridgehead atoms. The van der Waals surface area contributed by atoms with E-state index in [-0.39, 0.29) is 29.8 Å². The van der Waals surface area contributed by atoms with Crippen LogP contribution < -0.4 is 5.32 Å². The van der Waals surface area contributed by atoms with Gasteiger partial charge >= 0.3 is 0 Å². The van der Waals surface area contributed by atoms with E-state index in [1.165, 1.54) is 0 Å². The Morgan fingerprint density at radius 2 is 2.14 bits per heavy atom. The lowest BCUT2D eigenvalue weighted by Gasteiger charge is -2.40. The molecule has 7 nitrogen and oxygen atoms in total. The molecular weight excluding hydrogens is 366 g/mol. The number of piperazine rings is 1. The molecule has 0 aliphatic carbocycles. The van der Waals surface area contributed by atoms with Crippen molar-refractivity contribution in [3.63, 3.8) is 0 Å². The zero-order valence-corrected chi connectivity index (χ0v) is 16.9. The highest BCUT2D eigenvalue weighted by atomic mass is 16.2. The number of imidazole rings is 1. The molecule has 3 heterocycles. The van der Waals surface area contributed by atoms with Crippen molar-refractivity contribution in [1.82, 2.24) is 25.1 Å². The van der Waals surface area contributed by atoms with Gasteiger partial charge < -0.3 is 15.2 Å². The second-order valence-corrected chi connectivity index (χ2v) is 8.01. The largest absolute Gasteiger partial charge is 0.355 e. The van der Waals surface area contributed by atoms with Crippen LogP contribution in [0, 0.1) is 5.92 Å². The van der Waals surface area contributed by atoms with E-state index >= 15 is 0 Å². The molecule has 2 aromatic rings. The predicted molar refractivity (Wildman–Crippen MR) is 110 cm³/mol. The van der Waals surface area contributed by atoms with Gasteiger partial charge in [-0.1, -0.05) is 37.3 Å². The van der Waals surface area contributed by atoms with Gasteiger partial charge in [-0.25, -0.2) is 4.98 Å². The van der Waals surface area contributed by atoms with Crippen LogP contribution in [0.1, 0.15) is 37.1 Å². The highest BCUT2D eigenvalue weighted by Gasteiger charge is 2.49. The maximum Gasteiger partial charge on any atom is 0.237 e. The van der Waals surface area contributed by atoms with Crippen LogP contribution in [0.3, 0.4) is 0 Å². The number of carbonyl (C=O) groups excluding carboxylic acids is 2. The molecule has 7 heteroatoms. The molecule has 29 heavy (non-hydrogen) atoms. The van der Waals surface area contributed by atoms with Crippen molar-refractivity contribution in [2.75, 3.05) is 26.2 Å². The van der Waals surface area contributed by atoms with Crippen molar-refractivity contribution in [2.24, 2.45) is 5.92 Å². The summed E-state index contributed by atoms with van der Waals surface area (Å²) in [5.74, 6) is -0.0615. The minimum absolute atomic E-state index is 0.0302. The zero-order valence-electron chi connectivity index (χ0n) is 16.9. The summed E-state index contributed by atoms with van der Waals surface area (Å²) in [5, 5.41) is 3.09. The first-order valence-electron chi connectivity index (χ1n) is 10.5. The van der Waals surface area contributed by atoms with Crippen LogP contribution in [0.25, 0.3) is 0 Å². The number of aromatic nitrogens is 2. The average molecular weight is 396 g/mol. The molecule has 2 saturated heterocycles. The second kappa shape index (κ2) is 8.78. The highest BCUT2D eigenvalue weighted by Crippen LogP contribution is 2.43. The third-order valence-electron chi connectivity index (χ3n) is 5.98. The van der Waals surface area contributed by atoms with E-state index in [2.05, 4.69) is 27.1 Å². The summed E-state index contributed by atoms with van der Waals surface area (Å²) in [4.78, 5) is 37.4. The second-order valence-electron chi connectivity index (χ2n) is 8.01. The first-order chi connectivity index (χ1) is 14.2. The summed E-state index contributed by atoms with van der Waals surface area (Å²) in [6, 6.07) is 9.89. The Hall–Kier alpha value is -2.67. The number of H-pyrrole nitrogens is 1. The molecule has 154 valence electrons. The lowest BCUT2D eigenvalue weighted by atomic mass is 9.92. The van der Waals surface area contributed by atoms with Crippen molar-refractivity contribution in [1.29, 1.82) is 0 Å². The number of nitrogens with one attached hydrogen (secondary N) is 2. The Balaban J connectivity index is 1.51. The fourth-order valence-electron chi connectivity index (χ4n) is 4.77. The minimum atomic E-state index is -0.227. The van der Waals surface area contributed by atoms with Gasteiger partial charge in [0.05, 0.1) is 24.8 Å². The van der Waals surface area contributed by atoms with Gasteiger partial charge in [0.25, 0.3) is 0 Å². The Morgan fingerprint density at radius 1 is 1.31 bits per heavy atom. The number of rotatable bonds is 7. The smallest absolute Gasteiger partial charge is 0.237 e. The topological polar surface area (TPSA) is 81.3 Å². The van der Waals surface area contributed by atoms with Gasteiger partial charge in [-0.2, -0.15) is 0 Å². The third kappa shape index (κ3) is 4.19. The Morgan fingerprint density at radius 3 is 2.86 bits per heavy atom. The van der Waals surface area contributed by atoms with Gasteiger partial charge in [0, 0.05) is 37.4 Å². The molecule has 1 aromatic carbocycles. The van der Waals surface area contributed by atoms with Crippen molar-refractivity contribution < 1.29 is 9.59 Å². The van der Waals surface area contributed by atoms with Crippen LogP contribution in [-0.2, 0) is 16.0 Å². The van der Waals surface area contributed by atoms with Gasteiger partial charge in [0.2, 0.25) is 11.8 Å². The van der Waals surface area contributed by atoms with E-state index < -0.39 is 0 Å². The summed E-state index contributed by atoms with van der Waals surface area (Å²) >= 11 is 0. The van der Waals surface area contributed by atoms with E-state index in [1.807, 2.05) is 35.2 Å². The zero-order chi connectivity index (χ0) is 20.2. The number of aromatic amines is 1. The Bertz CT molecular complexity index is 823. The van der Waals surface area contributed by atoms with Crippen molar-refractivity contribution in [3.05, 3.63) is 54.1 Å². The van der Waals surface area contributed by atoms with Gasteiger partial charge in [0.15, 0.2) is 0 Å². The molecule has 0 saturated carbocycles. The summed E-state index contributed by atoms with van der Waals surface area (Å²) in [6.45, 7) is 4.91. The molecule has 2 amide bonds. The molecule has 2 aliphatic heterocycles. The third-order valence-corrected chi connectivity index (χ3v) is 5.98. The highest BCUT2D eigenvalue weighted by molar-refractivity contribution is 5.85. The Kier molecular flexibility index (Phi) is 5.94. The first kappa shape index (κ1) is 19.6. The fourth-order valence-corrected chi connectivity index (χ4v) is 4.77. The van der Waals surface area contributed by atoms with Crippen LogP contribution in [0.2, 0.25) is 0 Å². The van der Waals surface area contributed by atoms with Crippen molar-refractivity contribution in [3.8, 4) is 0 Å². The number of nitrogens with zero attached hydrogens (tertiary/aromatic N) is 3. The number of hydrogen-bond donors (Lipinski definition) is 2. The van der Waals surface area contributed by atoms with Gasteiger partial charge in [-0.3, -0.25) is 14.5 Å². The van der Waals surface area contributed by atoms with Crippen LogP contribution >= 0.6 is 0 Å². The lowest BCUT2D eigenvalue weighted by Crippen LogP contribution is -2.54. The minimum Gasteiger partial charge on any atom is -0.355 e. The van der Waals surface area contributed by atoms with E-state index in [0.29, 0.717) is 25.9 Å². The molecule has 1 aromatic heterocycles. The maximum atomic E-state index is 13.1. The molecule has 2 fully saturated rings. The molecule has 0 spiro atoms. The van der Waals surface area contributed by atoms with E-state index in [1.54, 1.807) is 12.5 Å². The quantitative estimate of drug-likeness (QED) is 0.748. The number of benzene rings is 1. The van der Waals surface area contributed by atoms with E-state index in [4.69, 9.17) is 0 Å². The average Bonchev–Trinajstić information content (AvgIpc) is 3.37. The molecule has 2 N–H and O–H groups in total. The summed E-state index contributed by atoms with van der Waals surface area (Å²) in [5.41, 5.74) is 2.04. The standard InChI is InChI=1S/C22H29N5O2/c1-2-10-26-13-18-11-19(22(29)24-9-8-17-12-23-15-25-17)21(27(18)20(28)14-26)16-6-4-3-5-7-16/h3-7,12,15,18-19,21H,2,8-11,13-14H2,1H3,(H,23,25)(H,24,29)/t18-,19-,21-/m0/s1. The number of carbonyl (C=O) groups is 2. The van der Waals surface area contributed by atoms with Gasteiger partial charge in [-0.05, 0) is 24.9 Å². The van der Waals surface area contributed by atoms with Crippen molar-refractivity contribution >= 4 is 11.8 Å². The van der Waals surface area contributed by atoms with Gasteiger partial charge in [0.1, 0.15) is 0 Å². The van der Waals surface area contributed by atoms with Crippen molar-refractivity contribution in [2.45, 2.75) is 38.3 Å². The first-order valence-corrected chi connectivity index (χ1v) is 10.5. The normalized spacial score (nSPS) is 24.5. The molecule has 2 aliphatic rings. The monoisotopic (exact) mass is 395 g/mol. The predicted octanol–water partition coefficient (Wildman–Crippen LogP) is 1.75. The summed E-state index contributed by atoms with van der Waals surface area (Å²) in [6.07, 6.45) is 5.87. The number of fused-ring (bicyclic) bond motifs is 1. The molecule has 0 radical (unpaired) electrons. The van der Waals surface area contributed by atoms with E-state index in [9.17, 15) is 9.59 Å².